The number of benzene rings is 4. The Hall–Kier alpha value is -5.25. The summed E-state index contributed by atoms with van der Waals surface area (Å²) in [4.78, 5) is 11.5. The van der Waals surface area contributed by atoms with Crippen molar-refractivity contribution in [2.75, 3.05) is 37.6 Å². The molecule has 1 N–H and O–H groups in total. The molecule has 9 heteroatoms. The van der Waals surface area contributed by atoms with Crippen LogP contribution in [0.15, 0.2) is 114 Å². The molecule has 8 nitrogen and oxygen atoms in total. The normalized spacial score (nSPS) is 17.6. The second kappa shape index (κ2) is 16.9. The fourth-order valence-electron chi connectivity index (χ4n) is 8.11. The maximum Gasteiger partial charge on any atom is 0.162 e. The topological polar surface area (TPSA) is 79.0 Å². The van der Waals surface area contributed by atoms with Crippen LogP contribution in [-0.4, -0.2) is 69.3 Å². The smallest absolute Gasteiger partial charge is 0.162 e. The Labute approximate surface area is 335 Å². The fraction of sp³-hybridized carbons (Fsp3) is 0.340. The van der Waals surface area contributed by atoms with Gasteiger partial charge in [-0.2, -0.15) is 0 Å². The largest absolute Gasteiger partial charge is 0.508 e. The molecule has 4 aromatic carbocycles. The number of rotatable bonds is 6. The highest BCUT2D eigenvalue weighted by atomic mass is 32.1. The number of aromatic hydroxyl groups is 1. The van der Waals surface area contributed by atoms with E-state index in [-0.39, 0.29) is 6.04 Å². The summed E-state index contributed by atoms with van der Waals surface area (Å²) in [5, 5.41) is 19.2. The number of para-hydroxylation sites is 1. The van der Waals surface area contributed by atoms with Crippen LogP contribution in [-0.2, 0) is 12.8 Å². The average molecular weight is 765 g/mol. The Morgan fingerprint density at radius 3 is 2.12 bits per heavy atom. The van der Waals surface area contributed by atoms with E-state index in [2.05, 4.69) is 69.6 Å². The predicted octanol–water partition coefficient (Wildman–Crippen LogP) is 9.32. The second-order valence-electron chi connectivity index (χ2n) is 15.5. The monoisotopic (exact) mass is 764 g/mol. The summed E-state index contributed by atoms with van der Waals surface area (Å²) >= 11 is 1.81. The van der Waals surface area contributed by atoms with Crippen LogP contribution in [0.25, 0.3) is 5.00 Å². The van der Waals surface area contributed by atoms with Gasteiger partial charge in [0.1, 0.15) is 34.5 Å². The number of aromatic nitrogens is 3. The van der Waals surface area contributed by atoms with E-state index in [0.717, 1.165) is 67.8 Å². The van der Waals surface area contributed by atoms with E-state index in [4.69, 9.17) is 9.73 Å². The maximum atomic E-state index is 9.19. The molecule has 0 unspecified atom stereocenters. The van der Waals surface area contributed by atoms with Gasteiger partial charge in [-0.15, -0.1) is 21.5 Å². The first-order chi connectivity index (χ1) is 27.3. The fourth-order valence-corrected chi connectivity index (χ4v) is 9.33. The first kappa shape index (κ1) is 37.7. The number of aliphatic imine (C=N–C) groups is 1. The molecule has 1 atom stereocenters. The molecule has 10 rings (SSSR count). The zero-order valence-electron chi connectivity index (χ0n) is 32.9. The van der Waals surface area contributed by atoms with Gasteiger partial charge < -0.3 is 14.7 Å². The summed E-state index contributed by atoms with van der Waals surface area (Å²) in [7, 11) is 0. The van der Waals surface area contributed by atoms with Crippen molar-refractivity contribution in [3.8, 4) is 16.5 Å². The van der Waals surface area contributed by atoms with Crippen molar-refractivity contribution in [3.05, 3.63) is 154 Å². The SMILES string of the molecule is Cc1sc2c(c1C)C(c1ccc(N3CC(CN4CC(Oc5ccccc5)C4)C3)cc1)=N[C@@H](C)c1nnc(C)n1-2.Oc1ccc2c(c1)CCCC2.c1ccccc1. The lowest BCUT2D eigenvalue weighted by Gasteiger charge is -2.47. The highest BCUT2D eigenvalue weighted by Gasteiger charge is 2.35. The zero-order chi connectivity index (χ0) is 38.6. The van der Waals surface area contributed by atoms with Crippen molar-refractivity contribution < 1.29 is 9.84 Å². The molecule has 0 amide bonds. The van der Waals surface area contributed by atoms with Crippen molar-refractivity contribution >= 4 is 22.7 Å². The van der Waals surface area contributed by atoms with Crippen LogP contribution in [0.1, 0.15) is 70.2 Å². The number of phenolic OH excluding ortho intramolecular Hbond substituents is 1. The molecule has 2 fully saturated rings. The average Bonchev–Trinajstić information content (AvgIpc) is 3.69. The van der Waals surface area contributed by atoms with Gasteiger partial charge in [0, 0.05) is 60.3 Å². The van der Waals surface area contributed by atoms with Crippen LogP contribution < -0.4 is 9.64 Å². The third-order valence-electron chi connectivity index (χ3n) is 11.3. The number of hydrogen-bond donors (Lipinski definition) is 1. The minimum absolute atomic E-state index is 0.0597. The van der Waals surface area contributed by atoms with Crippen molar-refractivity contribution in [1.82, 2.24) is 19.7 Å². The van der Waals surface area contributed by atoms with Crippen molar-refractivity contribution in [3.63, 3.8) is 0 Å². The maximum absolute atomic E-state index is 9.19. The minimum atomic E-state index is -0.0597. The van der Waals surface area contributed by atoms with Crippen LogP contribution >= 0.6 is 11.3 Å². The molecule has 6 aromatic rings. The quantitative estimate of drug-likeness (QED) is 0.182. The molecule has 0 bridgehead atoms. The van der Waals surface area contributed by atoms with Crippen LogP contribution in [0.2, 0.25) is 0 Å². The molecule has 3 aliphatic heterocycles. The first-order valence-corrected chi connectivity index (χ1v) is 20.8. The minimum Gasteiger partial charge on any atom is -0.508 e. The van der Waals surface area contributed by atoms with Crippen LogP contribution in [0, 0.1) is 26.7 Å². The van der Waals surface area contributed by atoms with Gasteiger partial charge in [0.15, 0.2) is 5.82 Å². The van der Waals surface area contributed by atoms with Gasteiger partial charge in [0.25, 0.3) is 0 Å². The molecule has 0 saturated carbocycles. The molecule has 4 aliphatic rings. The summed E-state index contributed by atoms with van der Waals surface area (Å²) < 4.78 is 8.26. The number of phenols is 1. The summed E-state index contributed by atoms with van der Waals surface area (Å²) in [6, 6.07) is 36.8. The van der Waals surface area contributed by atoms with Crippen LogP contribution in [0.4, 0.5) is 5.69 Å². The highest BCUT2D eigenvalue weighted by molar-refractivity contribution is 7.15. The van der Waals surface area contributed by atoms with E-state index in [1.165, 1.54) is 57.1 Å². The Morgan fingerprint density at radius 1 is 0.768 bits per heavy atom. The molecular weight excluding hydrogens is 713 g/mol. The number of aryl methyl sites for hydroxylation is 4. The lowest BCUT2D eigenvalue weighted by atomic mass is 9.92. The summed E-state index contributed by atoms with van der Waals surface area (Å²) in [6.45, 7) is 14.0. The van der Waals surface area contributed by atoms with Gasteiger partial charge >= 0.3 is 0 Å². The second-order valence-corrected chi connectivity index (χ2v) is 16.7. The molecule has 2 aromatic heterocycles. The van der Waals surface area contributed by atoms with Crippen LogP contribution in [0.3, 0.4) is 0 Å². The van der Waals surface area contributed by atoms with Gasteiger partial charge in [-0.25, -0.2) is 0 Å². The lowest BCUT2D eigenvalue weighted by molar-refractivity contribution is 0.00754. The van der Waals surface area contributed by atoms with E-state index in [1.807, 2.05) is 85.8 Å². The molecule has 0 radical (unpaired) electrons. The Kier molecular flexibility index (Phi) is 11.3. The molecule has 0 spiro atoms. The van der Waals surface area contributed by atoms with E-state index < -0.39 is 0 Å². The molecule has 56 heavy (non-hydrogen) atoms. The number of fused-ring (bicyclic) bond motifs is 4. The van der Waals surface area contributed by atoms with Crippen molar-refractivity contribution in [2.45, 2.75) is 65.5 Å². The molecular formula is C47H52N6O2S. The Balaban J connectivity index is 0.000000212. The third kappa shape index (κ3) is 8.30. The van der Waals surface area contributed by atoms with Gasteiger partial charge in [0.2, 0.25) is 0 Å². The van der Waals surface area contributed by atoms with Crippen molar-refractivity contribution in [2.24, 2.45) is 10.9 Å². The predicted molar refractivity (Wildman–Crippen MR) is 228 cm³/mol. The lowest BCUT2D eigenvalue weighted by Crippen LogP contribution is -2.59. The van der Waals surface area contributed by atoms with Crippen LogP contribution in [0.5, 0.6) is 11.5 Å². The number of thiophene rings is 1. The van der Waals surface area contributed by atoms with E-state index >= 15 is 0 Å². The zero-order valence-corrected chi connectivity index (χ0v) is 33.8. The van der Waals surface area contributed by atoms with Gasteiger partial charge in [-0.05, 0) is 106 Å². The van der Waals surface area contributed by atoms with Gasteiger partial charge in [0.05, 0.1) is 5.71 Å². The van der Waals surface area contributed by atoms with E-state index in [0.29, 0.717) is 17.8 Å². The van der Waals surface area contributed by atoms with Crippen molar-refractivity contribution in [1.29, 1.82) is 0 Å². The Bertz CT molecular complexity index is 2230. The van der Waals surface area contributed by atoms with Gasteiger partial charge in [-0.1, -0.05) is 72.8 Å². The number of nitrogens with zero attached hydrogens (tertiary/aromatic N) is 6. The number of hydrogen-bond acceptors (Lipinski definition) is 8. The summed E-state index contributed by atoms with van der Waals surface area (Å²) in [6.07, 6.45) is 5.23. The van der Waals surface area contributed by atoms with E-state index in [9.17, 15) is 5.11 Å². The van der Waals surface area contributed by atoms with Gasteiger partial charge in [-0.3, -0.25) is 14.5 Å². The van der Waals surface area contributed by atoms with E-state index in [1.54, 1.807) is 17.4 Å². The summed E-state index contributed by atoms with van der Waals surface area (Å²) in [5.41, 5.74) is 8.78. The standard InChI is InChI=1S/C31H34N6OS.C10H12O.C6H6/c1-19-21(3)39-31-28(19)29(32-20(2)30-34-33-22(4)37(30)31)24-10-12-25(13-11-24)36-15-23(16-36)14-35-17-27(18-35)38-26-8-6-5-7-9-26;11-10-6-5-8-3-1-2-4-9(8)7-10;1-2-4-6-5-3-1/h5-13,20,23,27H,14-18H2,1-4H3;5-7,11H,1-4H2;1-6H/t20-;;/m0../s1. The number of anilines is 1. The third-order valence-corrected chi connectivity index (χ3v) is 12.5. The highest BCUT2D eigenvalue weighted by Crippen LogP contribution is 2.39. The molecule has 288 valence electrons. The first-order valence-electron chi connectivity index (χ1n) is 20.0. The summed E-state index contributed by atoms with van der Waals surface area (Å²) in [5.74, 6) is 3.92. The molecule has 5 heterocycles. The molecule has 2 saturated heterocycles. The Morgan fingerprint density at radius 2 is 1.43 bits per heavy atom. The number of ether oxygens (including phenoxy) is 1. The molecule has 1 aliphatic carbocycles. The number of likely N-dealkylation sites (tertiary alicyclic amines) is 1.